The predicted molar refractivity (Wildman–Crippen MR) is 160 cm³/mol. The first-order valence-corrected chi connectivity index (χ1v) is 14.9. The molecular weight excluding hydrogens is 529 g/mol. The van der Waals surface area contributed by atoms with Crippen molar-refractivity contribution in [3.63, 3.8) is 0 Å². The van der Waals surface area contributed by atoms with Gasteiger partial charge in [0.25, 0.3) is 0 Å². The van der Waals surface area contributed by atoms with Crippen molar-refractivity contribution in [1.29, 1.82) is 0 Å². The summed E-state index contributed by atoms with van der Waals surface area (Å²) in [5.41, 5.74) is 2.26. The molecule has 0 radical (unpaired) electrons. The van der Waals surface area contributed by atoms with Crippen LogP contribution in [-0.2, 0) is 9.59 Å². The van der Waals surface area contributed by atoms with Crippen LogP contribution in [0.2, 0.25) is 10.0 Å². The maximum atomic E-state index is 13.8. The Balaban J connectivity index is 1.55. The van der Waals surface area contributed by atoms with E-state index < -0.39 is 0 Å². The van der Waals surface area contributed by atoms with Crippen molar-refractivity contribution in [2.75, 3.05) is 19.6 Å². The summed E-state index contributed by atoms with van der Waals surface area (Å²) in [5.74, 6) is 0.664. The summed E-state index contributed by atoms with van der Waals surface area (Å²) in [6, 6.07) is 16.6. The van der Waals surface area contributed by atoms with Crippen molar-refractivity contribution in [2.24, 2.45) is 11.3 Å². The van der Waals surface area contributed by atoms with Crippen molar-refractivity contribution in [3.8, 4) is 0 Å². The number of amides is 2. The second-order valence-corrected chi connectivity index (χ2v) is 13.5. The number of piperidine rings is 1. The fourth-order valence-corrected chi connectivity index (χ4v) is 7.11. The lowest BCUT2D eigenvalue weighted by Gasteiger charge is -2.50. The zero-order valence-corrected chi connectivity index (χ0v) is 25.7. The van der Waals surface area contributed by atoms with Crippen LogP contribution in [-0.4, -0.2) is 64.3 Å². The molecule has 0 bridgehead atoms. The Morgan fingerprint density at radius 2 is 1.36 bits per heavy atom. The number of rotatable bonds is 5. The minimum Gasteiger partial charge on any atom is -0.338 e. The SMILES string of the molecule is CC(=O)N1[C@H](C)CC(CC(=O)N2CCN(C(c3ccc(Cl)cc3)c3ccc(Cl)cc3)C[C@@H]2C(C)(C)C)C[C@@H]1C. The number of benzene rings is 2. The van der Waals surface area contributed by atoms with Crippen LogP contribution in [0, 0.1) is 11.3 Å². The number of hydrogen-bond acceptors (Lipinski definition) is 3. The topological polar surface area (TPSA) is 43.9 Å². The molecule has 2 heterocycles. The second kappa shape index (κ2) is 12.2. The number of carbonyl (C=O) groups excluding carboxylic acids is 2. The monoisotopic (exact) mass is 571 g/mol. The molecule has 0 aromatic heterocycles. The second-order valence-electron chi connectivity index (χ2n) is 12.6. The fraction of sp³-hybridized carbons (Fsp3) is 0.562. The molecule has 5 nitrogen and oxygen atoms in total. The molecule has 4 atom stereocenters. The smallest absolute Gasteiger partial charge is 0.223 e. The minimum absolute atomic E-state index is 0.0410. The van der Waals surface area contributed by atoms with Crippen molar-refractivity contribution in [1.82, 2.24) is 14.7 Å². The first kappa shape index (κ1) is 29.9. The van der Waals surface area contributed by atoms with Crippen LogP contribution in [0.5, 0.6) is 0 Å². The number of likely N-dealkylation sites (tertiary alicyclic amines) is 1. The van der Waals surface area contributed by atoms with Crippen molar-refractivity contribution < 1.29 is 9.59 Å². The van der Waals surface area contributed by atoms with Gasteiger partial charge in [-0.3, -0.25) is 14.5 Å². The quantitative estimate of drug-likeness (QED) is 0.385. The summed E-state index contributed by atoms with van der Waals surface area (Å²) in [7, 11) is 0. The summed E-state index contributed by atoms with van der Waals surface area (Å²) in [5, 5.41) is 1.43. The molecule has 2 aromatic carbocycles. The van der Waals surface area contributed by atoms with Gasteiger partial charge in [0.15, 0.2) is 0 Å². The minimum atomic E-state index is -0.0859. The fourth-order valence-electron chi connectivity index (χ4n) is 6.86. The van der Waals surface area contributed by atoms with E-state index in [4.69, 9.17) is 23.2 Å². The van der Waals surface area contributed by atoms with E-state index in [0.717, 1.165) is 36.0 Å². The first-order chi connectivity index (χ1) is 18.3. The molecule has 212 valence electrons. The third-order valence-electron chi connectivity index (χ3n) is 8.59. The van der Waals surface area contributed by atoms with Gasteiger partial charge in [-0.2, -0.15) is 0 Å². The van der Waals surface area contributed by atoms with Crippen LogP contribution in [0.15, 0.2) is 48.5 Å². The molecule has 0 spiro atoms. The molecule has 2 aromatic rings. The van der Waals surface area contributed by atoms with Crippen LogP contribution in [0.1, 0.15) is 78.0 Å². The Morgan fingerprint density at radius 3 is 1.79 bits per heavy atom. The Morgan fingerprint density at radius 1 is 0.872 bits per heavy atom. The van der Waals surface area contributed by atoms with Gasteiger partial charge in [-0.25, -0.2) is 0 Å². The van der Waals surface area contributed by atoms with Crippen molar-refractivity contribution in [2.45, 2.75) is 85.0 Å². The highest BCUT2D eigenvalue weighted by Gasteiger charge is 2.41. The lowest BCUT2D eigenvalue weighted by atomic mass is 9.81. The van der Waals surface area contributed by atoms with Crippen LogP contribution in [0.25, 0.3) is 0 Å². The molecule has 2 aliphatic heterocycles. The molecule has 2 amide bonds. The van der Waals surface area contributed by atoms with E-state index in [1.165, 1.54) is 11.1 Å². The van der Waals surface area contributed by atoms with Gasteiger partial charge in [0, 0.05) is 61.1 Å². The van der Waals surface area contributed by atoms with Gasteiger partial charge in [-0.1, -0.05) is 68.2 Å². The Labute approximate surface area is 244 Å². The maximum Gasteiger partial charge on any atom is 0.223 e. The molecule has 1 unspecified atom stereocenters. The molecule has 0 aliphatic carbocycles. The molecule has 0 N–H and O–H groups in total. The van der Waals surface area contributed by atoms with E-state index in [0.29, 0.717) is 18.9 Å². The van der Waals surface area contributed by atoms with Gasteiger partial charge in [0.2, 0.25) is 11.8 Å². The molecule has 39 heavy (non-hydrogen) atoms. The number of carbonyl (C=O) groups is 2. The van der Waals surface area contributed by atoms with Crippen molar-refractivity contribution >= 4 is 35.0 Å². The lowest BCUT2D eigenvalue weighted by molar-refractivity contribution is -0.142. The van der Waals surface area contributed by atoms with Gasteiger partial charge in [-0.15, -0.1) is 0 Å². The molecule has 0 saturated carbocycles. The van der Waals surface area contributed by atoms with Gasteiger partial charge in [-0.05, 0) is 73.4 Å². The van der Waals surface area contributed by atoms with Crippen LogP contribution < -0.4 is 0 Å². The molecule has 2 aliphatic rings. The van der Waals surface area contributed by atoms with E-state index in [-0.39, 0.29) is 41.4 Å². The van der Waals surface area contributed by atoms with Crippen molar-refractivity contribution in [3.05, 3.63) is 69.7 Å². The summed E-state index contributed by atoms with van der Waals surface area (Å²) >= 11 is 12.5. The molecular formula is C32H43Cl2N3O2. The largest absolute Gasteiger partial charge is 0.338 e. The normalized spacial score (nSPS) is 24.7. The highest BCUT2D eigenvalue weighted by Crippen LogP contribution is 2.37. The predicted octanol–water partition coefficient (Wildman–Crippen LogP) is 7.07. The standard InChI is InChI=1S/C32H43Cl2N3O2/c1-21-17-24(18-22(2)37(21)23(3)38)19-30(39)36-16-15-35(20-29(36)32(4,5)6)31(25-7-11-27(33)12-8-25)26-9-13-28(34)14-10-26/h7-14,21-22,24,29,31H,15-20H2,1-6H3/t21-,22+,24?,29-/m1/s1. The van der Waals surface area contributed by atoms with Crippen LogP contribution in [0.3, 0.4) is 0 Å². The van der Waals surface area contributed by atoms with E-state index in [2.05, 4.69) is 68.7 Å². The summed E-state index contributed by atoms with van der Waals surface area (Å²) in [6.45, 7) is 14.8. The van der Waals surface area contributed by atoms with Crippen LogP contribution in [0.4, 0.5) is 0 Å². The van der Waals surface area contributed by atoms with Gasteiger partial charge in [0.05, 0.1) is 6.04 Å². The summed E-state index contributed by atoms with van der Waals surface area (Å²) < 4.78 is 0. The van der Waals surface area contributed by atoms with Gasteiger partial charge >= 0.3 is 0 Å². The Kier molecular flexibility index (Phi) is 9.35. The average Bonchev–Trinajstić information content (AvgIpc) is 2.85. The summed E-state index contributed by atoms with van der Waals surface area (Å²) in [4.78, 5) is 32.6. The third kappa shape index (κ3) is 6.99. The highest BCUT2D eigenvalue weighted by atomic mass is 35.5. The zero-order chi connectivity index (χ0) is 28.5. The number of nitrogens with zero attached hydrogens (tertiary/aromatic N) is 3. The van der Waals surface area contributed by atoms with Gasteiger partial charge in [0.1, 0.15) is 0 Å². The highest BCUT2D eigenvalue weighted by molar-refractivity contribution is 6.30. The average molecular weight is 573 g/mol. The number of piperazine rings is 1. The van der Waals surface area contributed by atoms with E-state index in [9.17, 15) is 9.59 Å². The summed E-state index contributed by atoms with van der Waals surface area (Å²) in [6.07, 6.45) is 2.31. The molecule has 2 saturated heterocycles. The van der Waals surface area contributed by atoms with E-state index in [1.54, 1.807) is 6.92 Å². The molecule has 2 fully saturated rings. The number of hydrogen-bond donors (Lipinski definition) is 0. The first-order valence-electron chi connectivity index (χ1n) is 14.2. The van der Waals surface area contributed by atoms with E-state index >= 15 is 0 Å². The maximum absolute atomic E-state index is 13.8. The number of halogens is 2. The Hall–Kier alpha value is -2.08. The van der Waals surface area contributed by atoms with Gasteiger partial charge < -0.3 is 9.80 Å². The van der Waals surface area contributed by atoms with Crippen LogP contribution >= 0.6 is 23.2 Å². The lowest BCUT2D eigenvalue weighted by Crippen LogP contribution is -2.60. The third-order valence-corrected chi connectivity index (χ3v) is 9.10. The molecule has 4 rings (SSSR count). The Bertz CT molecular complexity index is 1090. The van der Waals surface area contributed by atoms with E-state index in [1.807, 2.05) is 29.2 Å². The zero-order valence-electron chi connectivity index (χ0n) is 24.2. The molecule has 7 heteroatoms.